The maximum absolute atomic E-state index is 12.3. The fourth-order valence-electron chi connectivity index (χ4n) is 2.85. The van der Waals surface area contributed by atoms with Crippen LogP contribution in [-0.2, 0) is 16.1 Å². The topological polar surface area (TPSA) is 71.5 Å². The second kappa shape index (κ2) is 7.79. The summed E-state index contributed by atoms with van der Waals surface area (Å²) in [5, 5.41) is 2.86. The van der Waals surface area contributed by atoms with E-state index in [2.05, 4.69) is 10.3 Å². The van der Waals surface area contributed by atoms with Crippen LogP contribution in [0.15, 0.2) is 48.7 Å². The highest BCUT2D eigenvalue weighted by atomic mass is 16.5. The van der Waals surface area contributed by atoms with E-state index in [9.17, 15) is 9.59 Å². The number of hydrogen-bond acceptors (Lipinski definition) is 4. The minimum atomic E-state index is -0.345. The van der Waals surface area contributed by atoms with E-state index in [1.807, 2.05) is 49.4 Å². The molecule has 0 saturated carbocycles. The molecule has 0 bridgehead atoms. The highest BCUT2D eigenvalue weighted by Crippen LogP contribution is 2.27. The van der Waals surface area contributed by atoms with Gasteiger partial charge in [-0.2, -0.15) is 0 Å². The molecule has 0 aliphatic carbocycles. The number of carbonyl (C=O) groups excluding carboxylic acids is 2. The van der Waals surface area contributed by atoms with E-state index in [1.165, 1.54) is 0 Å². The summed E-state index contributed by atoms with van der Waals surface area (Å²) in [7, 11) is 0. The lowest BCUT2D eigenvalue weighted by Gasteiger charge is -2.17. The van der Waals surface area contributed by atoms with Gasteiger partial charge in [-0.15, -0.1) is 0 Å². The molecule has 2 heterocycles. The smallest absolute Gasteiger partial charge is 0.227 e. The molecular weight excluding hydrogens is 318 g/mol. The normalized spacial score (nSPS) is 16.8. The number of nitrogens with zero attached hydrogens (tertiary/aromatic N) is 2. The van der Waals surface area contributed by atoms with Gasteiger partial charge in [0.2, 0.25) is 11.8 Å². The third-order valence-corrected chi connectivity index (χ3v) is 4.13. The predicted octanol–water partition coefficient (Wildman–Crippen LogP) is 2.15. The van der Waals surface area contributed by atoms with E-state index in [0.29, 0.717) is 19.7 Å². The average molecular weight is 339 g/mol. The molecule has 0 radical (unpaired) electrons. The number of ether oxygens (including phenoxy) is 1. The molecule has 3 rings (SSSR count). The summed E-state index contributed by atoms with van der Waals surface area (Å²) in [5.74, 6) is 0.264. The zero-order valence-electron chi connectivity index (χ0n) is 14.1. The first kappa shape index (κ1) is 17.0. The van der Waals surface area contributed by atoms with Crippen LogP contribution in [0.1, 0.15) is 19.0 Å². The van der Waals surface area contributed by atoms with Crippen molar-refractivity contribution < 1.29 is 14.3 Å². The number of anilines is 1. The molecular formula is C19H21N3O3. The predicted molar refractivity (Wildman–Crippen MR) is 94.2 cm³/mol. The maximum Gasteiger partial charge on any atom is 0.227 e. The Kier molecular flexibility index (Phi) is 5.28. The van der Waals surface area contributed by atoms with Gasteiger partial charge in [-0.1, -0.05) is 6.07 Å². The largest absolute Gasteiger partial charge is 0.494 e. The first-order valence-corrected chi connectivity index (χ1v) is 8.38. The molecule has 1 aliphatic heterocycles. The molecule has 1 fully saturated rings. The zero-order chi connectivity index (χ0) is 17.6. The Morgan fingerprint density at radius 3 is 2.76 bits per heavy atom. The molecule has 6 heteroatoms. The second-order valence-electron chi connectivity index (χ2n) is 5.87. The number of hydrogen-bond donors (Lipinski definition) is 1. The number of rotatable bonds is 6. The quantitative estimate of drug-likeness (QED) is 0.875. The van der Waals surface area contributed by atoms with Gasteiger partial charge in [-0.25, -0.2) is 0 Å². The van der Waals surface area contributed by atoms with Crippen LogP contribution in [0.5, 0.6) is 5.75 Å². The highest BCUT2D eigenvalue weighted by molar-refractivity contribution is 6.00. The highest BCUT2D eigenvalue weighted by Gasteiger charge is 2.35. The van der Waals surface area contributed by atoms with Crippen LogP contribution >= 0.6 is 0 Å². The van der Waals surface area contributed by atoms with Gasteiger partial charge in [0.15, 0.2) is 0 Å². The summed E-state index contributed by atoms with van der Waals surface area (Å²) in [5.41, 5.74) is 1.58. The van der Waals surface area contributed by atoms with E-state index < -0.39 is 0 Å². The Bertz CT molecular complexity index is 731. The molecule has 25 heavy (non-hydrogen) atoms. The SMILES string of the molecule is CCOc1ccc(N2C[C@H](C(=O)NCc3ccccn3)CC2=O)cc1. The minimum absolute atomic E-state index is 0.0397. The van der Waals surface area contributed by atoms with Crippen molar-refractivity contribution in [3.05, 3.63) is 54.4 Å². The van der Waals surface area contributed by atoms with E-state index in [0.717, 1.165) is 17.1 Å². The molecule has 130 valence electrons. The molecule has 1 aromatic heterocycles. The molecule has 2 amide bonds. The molecule has 0 unspecified atom stereocenters. The number of nitrogens with one attached hydrogen (secondary N) is 1. The summed E-state index contributed by atoms with van der Waals surface area (Å²) >= 11 is 0. The lowest BCUT2D eigenvalue weighted by molar-refractivity contribution is -0.126. The molecule has 1 saturated heterocycles. The molecule has 1 atom stereocenters. The van der Waals surface area contributed by atoms with Crippen molar-refractivity contribution >= 4 is 17.5 Å². The van der Waals surface area contributed by atoms with Crippen LogP contribution in [0.2, 0.25) is 0 Å². The van der Waals surface area contributed by atoms with Crippen LogP contribution in [0.4, 0.5) is 5.69 Å². The summed E-state index contributed by atoms with van der Waals surface area (Å²) in [6.07, 6.45) is 1.91. The van der Waals surface area contributed by atoms with E-state index in [-0.39, 0.29) is 24.2 Å². The minimum Gasteiger partial charge on any atom is -0.494 e. The van der Waals surface area contributed by atoms with E-state index >= 15 is 0 Å². The second-order valence-corrected chi connectivity index (χ2v) is 5.87. The molecule has 1 aromatic carbocycles. The van der Waals surface area contributed by atoms with Crippen molar-refractivity contribution in [2.75, 3.05) is 18.1 Å². The third kappa shape index (κ3) is 4.15. The van der Waals surface area contributed by atoms with Crippen molar-refractivity contribution in [3.8, 4) is 5.75 Å². The fourth-order valence-corrected chi connectivity index (χ4v) is 2.85. The van der Waals surface area contributed by atoms with Gasteiger partial charge in [-0.05, 0) is 43.3 Å². The van der Waals surface area contributed by atoms with E-state index in [4.69, 9.17) is 4.74 Å². The van der Waals surface area contributed by atoms with Crippen LogP contribution in [0.25, 0.3) is 0 Å². The monoisotopic (exact) mass is 339 g/mol. The van der Waals surface area contributed by atoms with Gasteiger partial charge in [0.25, 0.3) is 0 Å². The Labute approximate surface area is 146 Å². The van der Waals surface area contributed by atoms with Crippen LogP contribution in [0.3, 0.4) is 0 Å². The van der Waals surface area contributed by atoms with Crippen LogP contribution < -0.4 is 15.0 Å². The van der Waals surface area contributed by atoms with Crippen molar-refractivity contribution in [1.29, 1.82) is 0 Å². The zero-order valence-corrected chi connectivity index (χ0v) is 14.1. The van der Waals surface area contributed by atoms with E-state index in [1.54, 1.807) is 11.1 Å². The summed E-state index contributed by atoms with van der Waals surface area (Å²) in [6, 6.07) is 12.9. The Hall–Kier alpha value is -2.89. The van der Waals surface area contributed by atoms with Gasteiger partial charge < -0.3 is 15.0 Å². The lowest BCUT2D eigenvalue weighted by atomic mass is 10.1. The lowest BCUT2D eigenvalue weighted by Crippen LogP contribution is -2.32. The Balaban J connectivity index is 1.58. The summed E-state index contributed by atoms with van der Waals surface area (Å²) in [4.78, 5) is 30.4. The van der Waals surface area contributed by atoms with Gasteiger partial charge in [-0.3, -0.25) is 14.6 Å². The van der Waals surface area contributed by atoms with Gasteiger partial charge in [0, 0.05) is 24.8 Å². The number of carbonyl (C=O) groups is 2. The van der Waals surface area contributed by atoms with Gasteiger partial charge >= 0.3 is 0 Å². The Morgan fingerprint density at radius 1 is 1.28 bits per heavy atom. The van der Waals surface area contributed by atoms with Crippen LogP contribution in [-0.4, -0.2) is 29.9 Å². The Morgan fingerprint density at radius 2 is 2.08 bits per heavy atom. The molecule has 6 nitrogen and oxygen atoms in total. The summed E-state index contributed by atoms with van der Waals surface area (Å²) < 4.78 is 5.41. The van der Waals surface area contributed by atoms with Gasteiger partial charge in [0.1, 0.15) is 5.75 Å². The third-order valence-electron chi connectivity index (χ3n) is 4.13. The summed E-state index contributed by atoms with van der Waals surface area (Å²) in [6.45, 7) is 3.28. The van der Waals surface area contributed by atoms with Crippen LogP contribution in [0, 0.1) is 5.92 Å². The number of amides is 2. The first-order valence-electron chi connectivity index (χ1n) is 8.38. The van der Waals surface area contributed by atoms with Crippen molar-refractivity contribution in [2.24, 2.45) is 5.92 Å². The number of benzene rings is 1. The van der Waals surface area contributed by atoms with Crippen molar-refractivity contribution in [2.45, 2.75) is 19.9 Å². The van der Waals surface area contributed by atoms with Gasteiger partial charge in [0.05, 0.1) is 24.8 Å². The fraction of sp³-hybridized carbons (Fsp3) is 0.316. The van der Waals surface area contributed by atoms with Crippen molar-refractivity contribution in [3.63, 3.8) is 0 Å². The number of aromatic nitrogens is 1. The van der Waals surface area contributed by atoms with Crippen molar-refractivity contribution in [1.82, 2.24) is 10.3 Å². The molecule has 2 aromatic rings. The first-order chi connectivity index (χ1) is 12.2. The maximum atomic E-state index is 12.3. The standard InChI is InChI=1S/C19H21N3O3/c1-2-25-17-8-6-16(7-9-17)22-13-14(11-18(22)23)19(24)21-12-15-5-3-4-10-20-15/h3-10,14H,2,11-13H2,1H3,(H,21,24)/t14-/m1/s1. The number of pyridine rings is 1. The molecule has 1 aliphatic rings. The molecule has 1 N–H and O–H groups in total. The average Bonchev–Trinajstić information content (AvgIpc) is 3.03. The molecule has 0 spiro atoms.